The van der Waals surface area contributed by atoms with E-state index < -0.39 is 5.97 Å². The molecule has 0 aliphatic carbocycles. The van der Waals surface area contributed by atoms with Crippen molar-refractivity contribution in [1.29, 1.82) is 0 Å². The lowest BCUT2D eigenvalue weighted by Gasteiger charge is -2.17. The van der Waals surface area contributed by atoms with E-state index >= 15 is 0 Å². The van der Waals surface area contributed by atoms with Gasteiger partial charge in [0.1, 0.15) is 0 Å². The van der Waals surface area contributed by atoms with E-state index in [1.165, 1.54) is 186 Å². The van der Waals surface area contributed by atoms with Crippen LogP contribution in [0.15, 0.2) is 12.2 Å². The average molecular weight is 549 g/mol. The van der Waals surface area contributed by atoms with E-state index in [9.17, 15) is 4.79 Å². The molecule has 0 aliphatic heterocycles. The minimum absolute atomic E-state index is 0.392. The first kappa shape index (κ1) is 38.2. The molecule has 1 unspecified atom stereocenters. The molecule has 0 amide bonds. The predicted octanol–water partition coefficient (Wildman–Crippen LogP) is 13.4. The molecule has 0 aromatic carbocycles. The Morgan fingerprint density at radius 3 is 0.974 bits per heavy atom. The molecule has 0 aromatic rings. The van der Waals surface area contributed by atoms with E-state index in [0.717, 1.165) is 6.42 Å². The van der Waals surface area contributed by atoms with Crippen LogP contribution in [0.1, 0.15) is 213 Å². The van der Waals surface area contributed by atoms with Crippen molar-refractivity contribution in [1.82, 2.24) is 0 Å². The van der Waals surface area contributed by atoms with Crippen molar-refractivity contribution < 1.29 is 9.90 Å². The summed E-state index contributed by atoms with van der Waals surface area (Å²) in [5, 5.41) is 9.16. The van der Waals surface area contributed by atoms with Crippen LogP contribution in [0, 0.1) is 5.92 Å². The summed E-state index contributed by atoms with van der Waals surface area (Å²) in [5.74, 6) is -0.129. The van der Waals surface area contributed by atoms with Gasteiger partial charge in [0, 0.05) is 5.57 Å². The van der Waals surface area contributed by atoms with Crippen molar-refractivity contribution in [2.75, 3.05) is 0 Å². The maximum Gasteiger partial charge on any atom is 0.330 e. The highest BCUT2D eigenvalue weighted by Gasteiger charge is 2.12. The Balaban J connectivity index is 3.60. The molecule has 0 fully saturated rings. The fraction of sp³-hybridized carbons (Fsp3) is 0.919. The molecule has 0 spiro atoms. The van der Waals surface area contributed by atoms with Gasteiger partial charge in [0.15, 0.2) is 0 Å². The molecule has 2 nitrogen and oxygen atoms in total. The van der Waals surface area contributed by atoms with Crippen LogP contribution in [0.2, 0.25) is 0 Å². The summed E-state index contributed by atoms with van der Waals surface area (Å²) in [5.41, 5.74) is 0.392. The van der Waals surface area contributed by atoms with Gasteiger partial charge < -0.3 is 5.11 Å². The molecule has 0 aliphatic rings. The van der Waals surface area contributed by atoms with Gasteiger partial charge in [-0.3, -0.25) is 0 Å². The Hall–Kier alpha value is -0.790. The number of carbonyl (C=O) groups is 1. The van der Waals surface area contributed by atoms with Gasteiger partial charge in [0.05, 0.1) is 0 Å². The molecule has 0 aromatic heterocycles. The first-order valence-corrected chi connectivity index (χ1v) is 18.0. The smallest absolute Gasteiger partial charge is 0.330 e. The van der Waals surface area contributed by atoms with Gasteiger partial charge in [-0.15, -0.1) is 0 Å². The fourth-order valence-corrected chi connectivity index (χ4v) is 6.00. The number of hydrogen-bond acceptors (Lipinski definition) is 1. The third-order valence-corrected chi connectivity index (χ3v) is 8.84. The summed E-state index contributed by atoms with van der Waals surface area (Å²) in [6.07, 6.45) is 42.3. The van der Waals surface area contributed by atoms with Crippen LogP contribution in [0.25, 0.3) is 0 Å². The Bertz CT molecular complexity index is 512. The molecule has 39 heavy (non-hydrogen) atoms. The highest BCUT2D eigenvalue weighted by molar-refractivity contribution is 5.85. The second-order valence-corrected chi connectivity index (χ2v) is 12.7. The molecular formula is C37H72O2. The predicted molar refractivity (Wildman–Crippen MR) is 175 cm³/mol. The Morgan fingerprint density at radius 2 is 0.718 bits per heavy atom. The lowest BCUT2D eigenvalue weighted by Crippen LogP contribution is -2.05. The van der Waals surface area contributed by atoms with Crippen molar-refractivity contribution in [3.05, 3.63) is 12.2 Å². The van der Waals surface area contributed by atoms with Crippen LogP contribution in [0.5, 0.6) is 0 Å². The number of carboxylic acids is 1. The van der Waals surface area contributed by atoms with Gasteiger partial charge in [0.2, 0.25) is 0 Å². The molecule has 0 saturated heterocycles. The maximum absolute atomic E-state index is 11.1. The van der Waals surface area contributed by atoms with Crippen LogP contribution in [-0.2, 0) is 4.79 Å². The molecule has 0 bridgehead atoms. The van der Waals surface area contributed by atoms with Crippen molar-refractivity contribution in [2.24, 2.45) is 5.92 Å². The number of aliphatic carboxylic acids is 1. The standard InChI is InChI=1S/C37H72O2/c1-4-6-8-10-12-13-14-15-16-17-18-19-20-21-22-23-24-26-28-30-32-36(34-33-35(3)37(38)39)31-29-27-25-11-9-7-5-2/h36H,3-34H2,1-2H3,(H,38,39). The third kappa shape index (κ3) is 30.0. The molecule has 0 heterocycles. The molecule has 0 saturated carbocycles. The van der Waals surface area contributed by atoms with Gasteiger partial charge in [0.25, 0.3) is 0 Å². The summed E-state index contributed by atoms with van der Waals surface area (Å²) in [7, 11) is 0. The third-order valence-electron chi connectivity index (χ3n) is 8.84. The molecule has 1 atom stereocenters. The zero-order valence-electron chi connectivity index (χ0n) is 27.1. The quantitative estimate of drug-likeness (QED) is 0.0654. The number of hydrogen-bond donors (Lipinski definition) is 1. The van der Waals surface area contributed by atoms with Crippen molar-refractivity contribution in [3.63, 3.8) is 0 Å². The van der Waals surface area contributed by atoms with Crippen molar-refractivity contribution in [2.45, 2.75) is 213 Å². The maximum atomic E-state index is 11.1. The van der Waals surface area contributed by atoms with E-state index in [2.05, 4.69) is 20.4 Å². The first-order valence-electron chi connectivity index (χ1n) is 18.0. The van der Waals surface area contributed by atoms with Crippen LogP contribution >= 0.6 is 0 Å². The first-order chi connectivity index (χ1) is 19.1. The van der Waals surface area contributed by atoms with E-state index in [4.69, 9.17) is 5.11 Å². The Labute approximate surface area is 246 Å². The van der Waals surface area contributed by atoms with Crippen LogP contribution in [-0.4, -0.2) is 11.1 Å². The van der Waals surface area contributed by atoms with E-state index in [-0.39, 0.29) is 0 Å². The second-order valence-electron chi connectivity index (χ2n) is 12.7. The van der Waals surface area contributed by atoms with Gasteiger partial charge >= 0.3 is 5.97 Å². The van der Waals surface area contributed by atoms with E-state index in [0.29, 0.717) is 17.9 Å². The summed E-state index contributed by atoms with van der Waals surface area (Å²) < 4.78 is 0. The summed E-state index contributed by atoms with van der Waals surface area (Å²) in [6, 6.07) is 0. The summed E-state index contributed by atoms with van der Waals surface area (Å²) in [4.78, 5) is 11.1. The molecule has 0 rings (SSSR count). The monoisotopic (exact) mass is 549 g/mol. The highest BCUT2D eigenvalue weighted by atomic mass is 16.4. The summed E-state index contributed by atoms with van der Waals surface area (Å²) in [6.45, 7) is 8.32. The Kier molecular flexibility index (Phi) is 31.1. The van der Waals surface area contributed by atoms with Gasteiger partial charge in [-0.2, -0.15) is 0 Å². The molecule has 232 valence electrons. The van der Waals surface area contributed by atoms with E-state index in [1.54, 1.807) is 0 Å². The Morgan fingerprint density at radius 1 is 0.462 bits per heavy atom. The lowest BCUT2D eigenvalue weighted by atomic mass is 9.89. The van der Waals surface area contributed by atoms with Crippen LogP contribution in [0.3, 0.4) is 0 Å². The van der Waals surface area contributed by atoms with Gasteiger partial charge in [-0.05, 0) is 18.8 Å². The van der Waals surface area contributed by atoms with Crippen LogP contribution < -0.4 is 0 Å². The van der Waals surface area contributed by atoms with Crippen molar-refractivity contribution in [3.8, 4) is 0 Å². The van der Waals surface area contributed by atoms with E-state index in [1.807, 2.05) is 0 Å². The zero-order chi connectivity index (χ0) is 28.7. The molecule has 2 heteroatoms. The van der Waals surface area contributed by atoms with Gasteiger partial charge in [-0.1, -0.05) is 207 Å². The zero-order valence-corrected chi connectivity index (χ0v) is 27.1. The lowest BCUT2D eigenvalue weighted by molar-refractivity contribution is -0.132. The largest absolute Gasteiger partial charge is 0.478 e. The number of carboxylic acid groups (broad SMARTS) is 1. The average Bonchev–Trinajstić information content (AvgIpc) is 2.93. The van der Waals surface area contributed by atoms with Crippen molar-refractivity contribution >= 4 is 5.97 Å². The number of rotatable bonds is 33. The highest BCUT2D eigenvalue weighted by Crippen LogP contribution is 2.25. The fourth-order valence-electron chi connectivity index (χ4n) is 6.00. The molecular weight excluding hydrogens is 476 g/mol. The SMILES string of the molecule is C=C(CCC(CCCCCCCCC)CCCCCCCCCCCCCCCCCCCCCC)C(=O)O. The number of unbranched alkanes of at least 4 members (excludes halogenated alkanes) is 25. The minimum Gasteiger partial charge on any atom is -0.478 e. The molecule has 1 N–H and O–H groups in total. The second kappa shape index (κ2) is 31.7. The normalized spacial score (nSPS) is 12.2. The van der Waals surface area contributed by atoms with Crippen LogP contribution in [0.4, 0.5) is 0 Å². The summed E-state index contributed by atoms with van der Waals surface area (Å²) >= 11 is 0. The minimum atomic E-state index is -0.816. The topological polar surface area (TPSA) is 37.3 Å². The van der Waals surface area contributed by atoms with Gasteiger partial charge in [-0.25, -0.2) is 4.79 Å². The molecule has 0 radical (unpaired) electrons.